The van der Waals surface area contributed by atoms with Crippen LogP contribution < -0.4 is 11.2 Å². The molecule has 8 nitrogen and oxygen atoms in total. The summed E-state index contributed by atoms with van der Waals surface area (Å²) in [6, 6.07) is 0. The van der Waals surface area contributed by atoms with Crippen molar-refractivity contribution in [2.24, 2.45) is 19.5 Å². The standard InChI is InChI=1S/C19H28N4O4S/c1-8-11(17(25)27-9-2)28-15-13-14(20-12(21-15)10-19(3,4)5)22(6)18(26)23(7)16(13)24/h11H,8-10H2,1-7H3/t11-/m1/s1. The van der Waals surface area contributed by atoms with Crippen LogP contribution in [0, 0.1) is 5.41 Å². The summed E-state index contributed by atoms with van der Waals surface area (Å²) in [5.41, 5.74) is -0.726. The Labute approximate surface area is 168 Å². The Hall–Kier alpha value is -2.16. The Morgan fingerprint density at radius 3 is 2.32 bits per heavy atom. The summed E-state index contributed by atoms with van der Waals surface area (Å²) >= 11 is 1.19. The molecule has 0 radical (unpaired) electrons. The number of thioether (sulfide) groups is 1. The van der Waals surface area contributed by atoms with Crippen molar-refractivity contribution in [3.63, 3.8) is 0 Å². The minimum atomic E-state index is -0.498. The van der Waals surface area contributed by atoms with Gasteiger partial charge in [0.05, 0.1) is 6.61 Å². The lowest BCUT2D eigenvalue weighted by molar-refractivity contribution is -0.142. The van der Waals surface area contributed by atoms with Gasteiger partial charge in [-0.25, -0.2) is 14.8 Å². The fourth-order valence-electron chi connectivity index (χ4n) is 2.78. The molecular formula is C19H28N4O4S. The van der Waals surface area contributed by atoms with Gasteiger partial charge in [-0.2, -0.15) is 0 Å². The first-order valence-corrected chi connectivity index (χ1v) is 10.2. The van der Waals surface area contributed by atoms with Gasteiger partial charge in [0.1, 0.15) is 21.5 Å². The molecule has 2 heterocycles. The minimum Gasteiger partial charge on any atom is -0.465 e. The van der Waals surface area contributed by atoms with E-state index in [1.54, 1.807) is 14.0 Å². The van der Waals surface area contributed by atoms with Gasteiger partial charge in [-0.05, 0) is 18.8 Å². The van der Waals surface area contributed by atoms with E-state index in [0.29, 0.717) is 23.7 Å². The van der Waals surface area contributed by atoms with Crippen molar-refractivity contribution in [2.45, 2.75) is 57.7 Å². The zero-order valence-electron chi connectivity index (χ0n) is 17.5. The lowest BCUT2D eigenvalue weighted by atomic mass is 9.92. The number of esters is 1. The van der Waals surface area contributed by atoms with Crippen molar-refractivity contribution in [2.75, 3.05) is 6.61 Å². The highest BCUT2D eigenvalue weighted by Crippen LogP contribution is 2.30. The van der Waals surface area contributed by atoms with Crippen molar-refractivity contribution in [3.05, 3.63) is 26.7 Å². The molecule has 9 heteroatoms. The van der Waals surface area contributed by atoms with Crippen molar-refractivity contribution < 1.29 is 9.53 Å². The Bertz CT molecular complexity index is 1000. The van der Waals surface area contributed by atoms with Gasteiger partial charge in [0.15, 0.2) is 5.65 Å². The number of ether oxygens (including phenoxy) is 1. The van der Waals surface area contributed by atoms with E-state index in [9.17, 15) is 14.4 Å². The molecule has 2 rings (SSSR count). The van der Waals surface area contributed by atoms with Crippen LogP contribution in [0.25, 0.3) is 11.0 Å². The zero-order valence-corrected chi connectivity index (χ0v) is 18.3. The van der Waals surface area contributed by atoms with Crippen LogP contribution in [-0.2, 0) is 30.0 Å². The number of carbonyl (C=O) groups excluding carboxylic acids is 1. The predicted octanol–water partition coefficient (Wildman–Crippen LogP) is 2.05. The summed E-state index contributed by atoms with van der Waals surface area (Å²) < 4.78 is 7.52. The molecule has 154 valence electrons. The first-order valence-electron chi connectivity index (χ1n) is 9.30. The average Bonchev–Trinajstić information content (AvgIpc) is 2.60. The number of aromatic nitrogens is 4. The quantitative estimate of drug-likeness (QED) is 0.410. The van der Waals surface area contributed by atoms with Gasteiger partial charge in [-0.3, -0.25) is 18.7 Å². The lowest BCUT2D eigenvalue weighted by Crippen LogP contribution is -2.38. The van der Waals surface area contributed by atoms with E-state index in [0.717, 1.165) is 4.57 Å². The van der Waals surface area contributed by atoms with Gasteiger partial charge in [0, 0.05) is 20.5 Å². The maximum absolute atomic E-state index is 12.8. The molecule has 0 aliphatic rings. The molecule has 0 N–H and O–H groups in total. The number of hydrogen-bond donors (Lipinski definition) is 0. The van der Waals surface area contributed by atoms with Crippen LogP contribution in [0.5, 0.6) is 0 Å². The second kappa shape index (κ2) is 8.46. The number of carbonyl (C=O) groups is 1. The van der Waals surface area contributed by atoms with Crippen molar-refractivity contribution in [1.29, 1.82) is 0 Å². The summed E-state index contributed by atoms with van der Waals surface area (Å²) in [5.74, 6) is 0.185. The maximum Gasteiger partial charge on any atom is 0.332 e. The third kappa shape index (κ3) is 4.63. The van der Waals surface area contributed by atoms with Gasteiger partial charge in [0.25, 0.3) is 5.56 Å². The molecule has 1 atom stereocenters. The van der Waals surface area contributed by atoms with Gasteiger partial charge < -0.3 is 4.74 Å². The topological polar surface area (TPSA) is 96.1 Å². The minimum absolute atomic E-state index is 0.0838. The number of fused-ring (bicyclic) bond motifs is 1. The van der Waals surface area contributed by atoms with Gasteiger partial charge in [-0.1, -0.05) is 39.5 Å². The van der Waals surface area contributed by atoms with Crippen LogP contribution in [0.15, 0.2) is 14.6 Å². The Kier molecular flexibility index (Phi) is 6.69. The number of rotatable bonds is 6. The molecule has 28 heavy (non-hydrogen) atoms. The van der Waals surface area contributed by atoms with Gasteiger partial charge in [0.2, 0.25) is 0 Å². The smallest absolute Gasteiger partial charge is 0.332 e. The molecule has 2 aromatic heterocycles. The van der Waals surface area contributed by atoms with Crippen molar-refractivity contribution in [1.82, 2.24) is 19.1 Å². The highest BCUT2D eigenvalue weighted by atomic mass is 32.2. The highest BCUT2D eigenvalue weighted by molar-refractivity contribution is 8.00. The number of aryl methyl sites for hydroxylation is 1. The third-order valence-electron chi connectivity index (χ3n) is 4.18. The van der Waals surface area contributed by atoms with Crippen LogP contribution in [0.2, 0.25) is 0 Å². The molecule has 0 unspecified atom stereocenters. The highest BCUT2D eigenvalue weighted by Gasteiger charge is 2.25. The van der Waals surface area contributed by atoms with Crippen LogP contribution >= 0.6 is 11.8 Å². The van der Waals surface area contributed by atoms with E-state index in [1.165, 1.54) is 23.4 Å². The van der Waals surface area contributed by atoms with Crippen molar-refractivity contribution >= 4 is 28.8 Å². The first-order chi connectivity index (χ1) is 13.0. The molecule has 0 bridgehead atoms. The summed E-state index contributed by atoms with van der Waals surface area (Å²) in [4.78, 5) is 46.6. The second-order valence-corrected chi connectivity index (χ2v) is 9.05. The number of nitrogens with zero attached hydrogens (tertiary/aromatic N) is 4. The molecule has 0 aliphatic heterocycles. The molecule has 0 spiro atoms. The Balaban J connectivity index is 2.75. The first kappa shape index (κ1) is 22.1. The molecule has 0 aliphatic carbocycles. The summed E-state index contributed by atoms with van der Waals surface area (Å²) in [5, 5.41) is 0.151. The summed E-state index contributed by atoms with van der Waals surface area (Å²) in [6.07, 6.45) is 1.09. The molecule has 0 aromatic carbocycles. The lowest BCUT2D eigenvalue weighted by Gasteiger charge is -2.19. The maximum atomic E-state index is 12.8. The van der Waals surface area contributed by atoms with Crippen LogP contribution in [0.3, 0.4) is 0 Å². The van der Waals surface area contributed by atoms with Crippen LogP contribution in [-0.4, -0.2) is 36.9 Å². The second-order valence-electron chi connectivity index (χ2n) is 7.85. The van der Waals surface area contributed by atoms with Gasteiger partial charge in [-0.15, -0.1) is 0 Å². The molecular weight excluding hydrogens is 380 g/mol. The zero-order chi connectivity index (χ0) is 21.2. The van der Waals surface area contributed by atoms with Gasteiger partial charge >= 0.3 is 11.7 Å². The van der Waals surface area contributed by atoms with E-state index in [2.05, 4.69) is 30.7 Å². The van der Waals surface area contributed by atoms with Crippen LogP contribution in [0.4, 0.5) is 0 Å². The van der Waals surface area contributed by atoms with E-state index >= 15 is 0 Å². The molecule has 0 amide bonds. The Morgan fingerprint density at radius 1 is 1.14 bits per heavy atom. The van der Waals surface area contributed by atoms with E-state index in [4.69, 9.17) is 4.74 Å². The Morgan fingerprint density at radius 2 is 1.79 bits per heavy atom. The predicted molar refractivity (Wildman–Crippen MR) is 110 cm³/mol. The summed E-state index contributed by atoms with van der Waals surface area (Å²) in [6.45, 7) is 10.1. The summed E-state index contributed by atoms with van der Waals surface area (Å²) in [7, 11) is 3.00. The SMILES string of the molecule is CCOC(=O)[C@@H](CC)Sc1nc(CC(C)(C)C)nc2c1c(=O)n(C)c(=O)n2C. The fourth-order valence-corrected chi connectivity index (χ4v) is 3.83. The number of hydrogen-bond acceptors (Lipinski definition) is 7. The van der Waals surface area contributed by atoms with E-state index in [-0.39, 0.29) is 29.0 Å². The van der Waals surface area contributed by atoms with Crippen molar-refractivity contribution in [3.8, 4) is 0 Å². The average molecular weight is 409 g/mol. The fraction of sp³-hybridized carbons (Fsp3) is 0.632. The third-order valence-corrected chi connectivity index (χ3v) is 5.50. The molecule has 2 aromatic rings. The van der Waals surface area contributed by atoms with Crippen LogP contribution in [0.1, 0.15) is 46.9 Å². The molecule has 0 fully saturated rings. The van der Waals surface area contributed by atoms with E-state index < -0.39 is 16.5 Å². The largest absolute Gasteiger partial charge is 0.465 e. The monoisotopic (exact) mass is 408 g/mol. The molecule has 0 saturated heterocycles. The van der Waals surface area contributed by atoms with E-state index in [1.807, 2.05) is 6.92 Å². The normalized spacial score (nSPS) is 13.0. The molecule has 0 saturated carbocycles.